The molecule has 0 aromatic carbocycles. The summed E-state index contributed by atoms with van der Waals surface area (Å²) < 4.78 is 4.16. The standard InChI is InChI=1S/C3H2O3.C3H4O2/c4-3(5)2-1-6-2;1-2-3(4)5/h1H,(H,4,5);2H,1H2,(H,4,5). The van der Waals surface area contributed by atoms with E-state index < -0.39 is 11.9 Å². The van der Waals surface area contributed by atoms with Crippen molar-refractivity contribution in [3.8, 4) is 0 Å². The fourth-order valence-electron chi connectivity index (χ4n) is 0.130. The van der Waals surface area contributed by atoms with Crippen molar-refractivity contribution >= 4 is 11.9 Å². The van der Waals surface area contributed by atoms with Gasteiger partial charge >= 0.3 is 11.9 Å². The van der Waals surface area contributed by atoms with E-state index in [1.165, 1.54) is 6.26 Å². The normalized spacial score (nSPS) is 11.1. The van der Waals surface area contributed by atoms with Crippen molar-refractivity contribution in [1.82, 2.24) is 0 Å². The maximum Gasteiger partial charge on any atom is 0.375 e. The molecule has 5 heteroatoms. The molecule has 1 heterocycles. The molecule has 2 N–H and O–H groups in total. The van der Waals surface area contributed by atoms with E-state index in [1.54, 1.807) is 0 Å². The molecule has 5 nitrogen and oxygen atoms in total. The number of aliphatic carboxylic acids is 2. The molecule has 1 aliphatic heterocycles. The Morgan fingerprint density at radius 3 is 1.91 bits per heavy atom. The molecular formula is C6H6O5. The third-order valence-electron chi connectivity index (χ3n) is 0.621. The SMILES string of the molecule is C=CC(=O)O.O=C(O)C1=CO1. The Labute approximate surface area is 62.2 Å². The van der Waals surface area contributed by atoms with Crippen molar-refractivity contribution in [2.75, 3.05) is 0 Å². The van der Waals surface area contributed by atoms with Crippen LogP contribution in [0, 0.1) is 0 Å². The smallest absolute Gasteiger partial charge is 0.375 e. The minimum absolute atomic E-state index is 0.0509. The predicted molar refractivity (Wildman–Crippen MR) is 34.6 cm³/mol. The highest BCUT2D eigenvalue weighted by Gasteiger charge is 2.17. The topological polar surface area (TPSA) is 87.1 Å². The second kappa shape index (κ2) is 4.10. The van der Waals surface area contributed by atoms with Crippen LogP contribution in [0.4, 0.5) is 0 Å². The molecule has 0 saturated carbocycles. The summed E-state index contributed by atoms with van der Waals surface area (Å²) in [6, 6.07) is 0. The monoisotopic (exact) mass is 158 g/mol. The molecule has 0 aromatic heterocycles. The van der Waals surface area contributed by atoms with Crippen molar-refractivity contribution in [2.45, 2.75) is 0 Å². The van der Waals surface area contributed by atoms with Gasteiger partial charge in [0.2, 0.25) is 5.76 Å². The Morgan fingerprint density at radius 1 is 1.55 bits per heavy atom. The summed E-state index contributed by atoms with van der Waals surface area (Å²) in [4.78, 5) is 18.8. The molecule has 0 aliphatic carbocycles. The number of hydrogen-bond donors (Lipinski definition) is 2. The molecule has 0 unspecified atom stereocenters. The van der Waals surface area contributed by atoms with Crippen LogP contribution in [0.2, 0.25) is 0 Å². The van der Waals surface area contributed by atoms with Crippen molar-refractivity contribution in [1.29, 1.82) is 0 Å². The van der Waals surface area contributed by atoms with Crippen LogP contribution >= 0.6 is 0 Å². The molecule has 0 amide bonds. The molecule has 1 rings (SSSR count). The van der Waals surface area contributed by atoms with Gasteiger partial charge < -0.3 is 14.9 Å². The van der Waals surface area contributed by atoms with E-state index in [1.807, 2.05) is 0 Å². The fraction of sp³-hybridized carbons (Fsp3) is 0. The summed E-state index contributed by atoms with van der Waals surface area (Å²) >= 11 is 0. The van der Waals surface area contributed by atoms with Gasteiger partial charge in [-0.1, -0.05) is 6.58 Å². The zero-order valence-electron chi connectivity index (χ0n) is 5.48. The quantitative estimate of drug-likeness (QED) is 0.560. The third kappa shape index (κ3) is 6.10. The van der Waals surface area contributed by atoms with Crippen molar-refractivity contribution in [2.24, 2.45) is 0 Å². The van der Waals surface area contributed by atoms with Gasteiger partial charge in [-0.05, 0) is 0 Å². The first-order chi connectivity index (χ1) is 5.07. The lowest BCUT2D eigenvalue weighted by Crippen LogP contribution is -1.88. The molecule has 11 heavy (non-hydrogen) atoms. The Morgan fingerprint density at radius 2 is 1.91 bits per heavy atom. The highest BCUT2D eigenvalue weighted by molar-refractivity contribution is 5.86. The number of carboxylic acids is 2. The lowest BCUT2D eigenvalue weighted by atomic mass is 10.7. The zero-order valence-corrected chi connectivity index (χ0v) is 5.48. The van der Waals surface area contributed by atoms with Gasteiger partial charge in [-0.15, -0.1) is 0 Å². The molecule has 0 radical (unpaired) electrons. The lowest BCUT2D eigenvalue weighted by molar-refractivity contribution is -0.134. The first-order valence-electron chi connectivity index (χ1n) is 2.53. The summed E-state index contributed by atoms with van der Waals surface area (Å²) in [5, 5.41) is 15.5. The zero-order chi connectivity index (χ0) is 8.85. The summed E-state index contributed by atoms with van der Waals surface area (Å²) in [6.07, 6.45) is 2.02. The van der Waals surface area contributed by atoms with Crippen molar-refractivity contribution in [3.05, 3.63) is 24.7 Å². The van der Waals surface area contributed by atoms with E-state index in [2.05, 4.69) is 11.3 Å². The van der Waals surface area contributed by atoms with Crippen molar-refractivity contribution < 1.29 is 24.5 Å². The number of carboxylic acid groups (broad SMARTS) is 2. The second-order valence-corrected chi connectivity index (χ2v) is 1.45. The Kier molecular flexibility index (Phi) is 3.44. The van der Waals surface area contributed by atoms with Gasteiger partial charge in [-0.25, -0.2) is 9.59 Å². The Hall–Kier alpha value is -1.78. The van der Waals surface area contributed by atoms with E-state index in [4.69, 9.17) is 10.2 Å². The van der Waals surface area contributed by atoms with Crippen LogP contribution in [0.25, 0.3) is 0 Å². The van der Waals surface area contributed by atoms with Crippen LogP contribution in [0.1, 0.15) is 0 Å². The summed E-state index contributed by atoms with van der Waals surface area (Å²) in [5.41, 5.74) is 0. The highest BCUT2D eigenvalue weighted by atomic mass is 16.6. The number of carbonyl (C=O) groups is 2. The van der Waals surface area contributed by atoms with Gasteiger partial charge in [0.15, 0.2) is 0 Å². The molecule has 1 aliphatic rings. The van der Waals surface area contributed by atoms with Gasteiger partial charge in [-0.2, -0.15) is 0 Å². The maximum absolute atomic E-state index is 9.57. The summed E-state index contributed by atoms with van der Waals surface area (Å²) in [5.74, 6) is -1.92. The van der Waals surface area contributed by atoms with E-state index in [0.717, 1.165) is 6.08 Å². The molecule has 0 fully saturated rings. The van der Waals surface area contributed by atoms with E-state index >= 15 is 0 Å². The van der Waals surface area contributed by atoms with Crippen LogP contribution < -0.4 is 0 Å². The van der Waals surface area contributed by atoms with Crippen LogP contribution in [-0.4, -0.2) is 22.2 Å². The third-order valence-corrected chi connectivity index (χ3v) is 0.621. The average molecular weight is 158 g/mol. The van der Waals surface area contributed by atoms with Gasteiger partial charge in [0.25, 0.3) is 0 Å². The minimum atomic E-state index is -0.991. The van der Waals surface area contributed by atoms with Crippen LogP contribution in [-0.2, 0) is 14.3 Å². The molecule has 0 aromatic rings. The second-order valence-electron chi connectivity index (χ2n) is 1.45. The highest BCUT2D eigenvalue weighted by Crippen LogP contribution is 2.11. The molecule has 0 atom stereocenters. The summed E-state index contributed by atoms with van der Waals surface area (Å²) in [7, 11) is 0. The van der Waals surface area contributed by atoms with E-state index in [-0.39, 0.29) is 5.76 Å². The van der Waals surface area contributed by atoms with Crippen LogP contribution in [0.15, 0.2) is 24.7 Å². The number of ether oxygens (including phenoxy) is 1. The van der Waals surface area contributed by atoms with Gasteiger partial charge in [0, 0.05) is 6.08 Å². The minimum Gasteiger partial charge on any atom is -0.478 e. The van der Waals surface area contributed by atoms with E-state index in [9.17, 15) is 9.59 Å². The average Bonchev–Trinajstić information content (AvgIpc) is 2.69. The largest absolute Gasteiger partial charge is 0.478 e. The molecule has 0 bridgehead atoms. The number of hydrogen-bond acceptors (Lipinski definition) is 3. The Balaban J connectivity index is 0.000000187. The van der Waals surface area contributed by atoms with Crippen LogP contribution in [0.5, 0.6) is 0 Å². The summed E-state index contributed by atoms with van der Waals surface area (Å²) in [6.45, 7) is 2.96. The Bertz CT molecular complexity index is 215. The van der Waals surface area contributed by atoms with Gasteiger partial charge in [0.1, 0.15) is 6.26 Å². The molecule has 0 saturated heterocycles. The molecule has 0 spiro atoms. The molecule has 60 valence electrons. The molecular weight excluding hydrogens is 152 g/mol. The first kappa shape index (κ1) is 9.22. The van der Waals surface area contributed by atoms with Crippen molar-refractivity contribution in [3.63, 3.8) is 0 Å². The predicted octanol–water partition coefficient (Wildman–Crippen LogP) is 0.200. The van der Waals surface area contributed by atoms with Crippen LogP contribution in [0.3, 0.4) is 0 Å². The maximum atomic E-state index is 9.57. The van der Waals surface area contributed by atoms with E-state index in [0.29, 0.717) is 0 Å². The number of rotatable bonds is 2. The van der Waals surface area contributed by atoms with Gasteiger partial charge in [-0.3, -0.25) is 0 Å². The first-order valence-corrected chi connectivity index (χ1v) is 2.53. The lowest BCUT2D eigenvalue weighted by Gasteiger charge is -1.69. The fourth-order valence-corrected chi connectivity index (χ4v) is 0.130. The van der Waals surface area contributed by atoms with Gasteiger partial charge in [0.05, 0.1) is 0 Å².